The lowest BCUT2D eigenvalue weighted by atomic mass is 10.2. The highest BCUT2D eigenvalue weighted by Gasteiger charge is 2.12. The number of aromatic hydroxyl groups is 1. The van der Waals surface area contributed by atoms with Crippen molar-refractivity contribution in [3.63, 3.8) is 0 Å². The van der Waals surface area contributed by atoms with Crippen molar-refractivity contribution < 1.29 is 14.8 Å². The van der Waals surface area contributed by atoms with Gasteiger partial charge in [-0.25, -0.2) is 4.98 Å². The van der Waals surface area contributed by atoms with Crippen LogP contribution in [-0.4, -0.2) is 15.0 Å². The van der Waals surface area contributed by atoms with Gasteiger partial charge in [-0.15, -0.1) is 0 Å². The maximum atomic E-state index is 10.7. The normalized spacial score (nSPS) is 10.2. The van der Waals surface area contributed by atoms with E-state index in [1.165, 1.54) is 12.1 Å². The molecule has 0 radical (unpaired) electrons. The number of benzene rings is 1. The number of nitrogens with zero attached hydrogens (tertiary/aromatic N) is 2. The summed E-state index contributed by atoms with van der Waals surface area (Å²) < 4.78 is 5.46. The molecule has 0 fully saturated rings. The van der Waals surface area contributed by atoms with Crippen molar-refractivity contribution in [2.45, 2.75) is 13.8 Å². The minimum Gasteiger partial charge on any atom is -0.508 e. The fraction of sp³-hybridized carbons (Fsp3) is 0.154. The topological polar surface area (TPSA) is 85.5 Å². The van der Waals surface area contributed by atoms with Crippen LogP contribution in [0, 0.1) is 24.0 Å². The molecular formula is C13H12N2O4. The summed E-state index contributed by atoms with van der Waals surface area (Å²) in [7, 11) is 0. The van der Waals surface area contributed by atoms with Gasteiger partial charge in [-0.05, 0) is 31.5 Å². The molecule has 0 aliphatic heterocycles. The van der Waals surface area contributed by atoms with Crippen molar-refractivity contribution >= 4 is 5.69 Å². The van der Waals surface area contributed by atoms with E-state index in [2.05, 4.69) is 4.98 Å². The summed E-state index contributed by atoms with van der Waals surface area (Å²) in [6.07, 6.45) is 1.15. The summed E-state index contributed by atoms with van der Waals surface area (Å²) in [5.74, 6) is 0.764. The highest BCUT2D eigenvalue weighted by atomic mass is 16.6. The summed E-state index contributed by atoms with van der Waals surface area (Å²) in [6, 6.07) is 6.27. The van der Waals surface area contributed by atoms with Gasteiger partial charge < -0.3 is 9.84 Å². The molecular weight excluding hydrogens is 248 g/mol. The van der Waals surface area contributed by atoms with E-state index >= 15 is 0 Å². The quantitative estimate of drug-likeness (QED) is 0.677. The zero-order valence-electron chi connectivity index (χ0n) is 10.5. The lowest BCUT2D eigenvalue weighted by molar-refractivity contribution is -0.385. The standard InChI is InChI=1S/C13H12N2O4/c1-8-3-10(16)6-11(4-8)19-13-5-9(2)12(7-14-13)15(17)18/h3-7,16H,1-2H3. The molecule has 0 unspecified atom stereocenters. The lowest BCUT2D eigenvalue weighted by Crippen LogP contribution is -1.95. The third kappa shape index (κ3) is 2.98. The number of aryl methyl sites for hydroxylation is 2. The molecule has 0 spiro atoms. The van der Waals surface area contributed by atoms with E-state index in [4.69, 9.17) is 4.74 Å². The first-order valence-corrected chi connectivity index (χ1v) is 5.55. The van der Waals surface area contributed by atoms with Crippen LogP contribution in [-0.2, 0) is 0 Å². The van der Waals surface area contributed by atoms with Crippen LogP contribution in [0.3, 0.4) is 0 Å². The second kappa shape index (κ2) is 4.93. The van der Waals surface area contributed by atoms with E-state index in [1.54, 1.807) is 19.1 Å². The monoisotopic (exact) mass is 260 g/mol. The predicted octanol–water partition coefficient (Wildman–Crippen LogP) is 3.10. The number of pyridine rings is 1. The molecule has 1 aromatic heterocycles. The van der Waals surface area contributed by atoms with Gasteiger partial charge in [-0.1, -0.05) is 0 Å². The molecule has 6 nitrogen and oxygen atoms in total. The number of hydrogen-bond donors (Lipinski definition) is 1. The van der Waals surface area contributed by atoms with Gasteiger partial charge in [-0.3, -0.25) is 10.1 Å². The molecule has 0 aliphatic rings. The van der Waals surface area contributed by atoms with Gasteiger partial charge in [0.1, 0.15) is 17.7 Å². The molecule has 0 bridgehead atoms. The molecule has 98 valence electrons. The van der Waals surface area contributed by atoms with E-state index in [0.717, 1.165) is 11.8 Å². The van der Waals surface area contributed by atoms with E-state index in [-0.39, 0.29) is 17.3 Å². The Hall–Kier alpha value is -2.63. The van der Waals surface area contributed by atoms with Gasteiger partial charge >= 0.3 is 0 Å². The van der Waals surface area contributed by atoms with Crippen LogP contribution in [0.4, 0.5) is 5.69 Å². The molecule has 0 aliphatic carbocycles. The average molecular weight is 260 g/mol. The first kappa shape index (κ1) is 12.8. The zero-order chi connectivity index (χ0) is 14.0. The van der Waals surface area contributed by atoms with E-state index < -0.39 is 4.92 Å². The number of rotatable bonds is 3. The number of ether oxygens (including phenoxy) is 1. The van der Waals surface area contributed by atoms with Crippen LogP contribution in [0.5, 0.6) is 17.4 Å². The minimum atomic E-state index is -0.495. The third-order valence-electron chi connectivity index (χ3n) is 2.51. The van der Waals surface area contributed by atoms with Crippen molar-refractivity contribution in [3.05, 3.63) is 51.7 Å². The van der Waals surface area contributed by atoms with Crippen LogP contribution < -0.4 is 4.74 Å². The summed E-state index contributed by atoms with van der Waals surface area (Å²) in [6.45, 7) is 3.43. The number of hydrogen-bond acceptors (Lipinski definition) is 5. The van der Waals surface area contributed by atoms with Gasteiger partial charge in [-0.2, -0.15) is 0 Å². The van der Waals surface area contributed by atoms with E-state index in [0.29, 0.717) is 11.3 Å². The van der Waals surface area contributed by atoms with Crippen molar-refractivity contribution in [1.29, 1.82) is 0 Å². The molecule has 2 aromatic rings. The Bertz CT molecular complexity index is 620. The molecule has 0 saturated carbocycles. The fourth-order valence-electron chi connectivity index (χ4n) is 1.68. The van der Waals surface area contributed by atoms with Crippen LogP contribution in [0.2, 0.25) is 0 Å². The van der Waals surface area contributed by atoms with Crippen LogP contribution in [0.1, 0.15) is 11.1 Å². The van der Waals surface area contributed by atoms with E-state index in [9.17, 15) is 15.2 Å². The molecule has 0 amide bonds. The van der Waals surface area contributed by atoms with Crippen LogP contribution >= 0.6 is 0 Å². The van der Waals surface area contributed by atoms with Gasteiger partial charge in [0.15, 0.2) is 0 Å². The molecule has 1 aromatic carbocycles. The maximum absolute atomic E-state index is 10.7. The first-order valence-electron chi connectivity index (χ1n) is 5.55. The zero-order valence-corrected chi connectivity index (χ0v) is 10.5. The maximum Gasteiger partial charge on any atom is 0.290 e. The molecule has 2 rings (SSSR count). The smallest absolute Gasteiger partial charge is 0.290 e. The molecule has 0 atom stereocenters. The third-order valence-corrected chi connectivity index (χ3v) is 2.51. The summed E-state index contributed by atoms with van der Waals surface area (Å²) in [4.78, 5) is 14.0. The average Bonchev–Trinajstić information content (AvgIpc) is 2.26. The number of aromatic nitrogens is 1. The van der Waals surface area contributed by atoms with Gasteiger partial charge in [0.2, 0.25) is 5.88 Å². The second-order valence-corrected chi connectivity index (χ2v) is 4.17. The summed E-state index contributed by atoms with van der Waals surface area (Å²) in [5, 5.41) is 20.1. The van der Waals surface area contributed by atoms with Crippen molar-refractivity contribution in [1.82, 2.24) is 4.98 Å². The van der Waals surface area contributed by atoms with Crippen molar-refractivity contribution in [2.75, 3.05) is 0 Å². The fourth-order valence-corrected chi connectivity index (χ4v) is 1.68. The Morgan fingerprint density at radius 3 is 2.58 bits per heavy atom. The summed E-state index contributed by atoms with van der Waals surface area (Å²) in [5.41, 5.74) is 1.25. The lowest BCUT2D eigenvalue weighted by Gasteiger charge is -2.07. The number of phenolic OH excluding ortho intramolecular Hbond substituents is 1. The van der Waals surface area contributed by atoms with Crippen LogP contribution in [0.15, 0.2) is 30.5 Å². The minimum absolute atomic E-state index is 0.0561. The largest absolute Gasteiger partial charge is 0.508 e. The van der Waals surface area contributed by atoms with Gasteiger partial charge in [0.25, 0.3) is 5.69 Å². The van der Waals surface area contributed by atoms with Crippen LogP contribution in [0.25, 0.3) is 0 Å². The Morgan fingerprint density at radius 2 is 2.00 bits per heavy atom. The molecule has 6 heteroatoms. The molecule has 1 N–H and O–H groups in total. The molecule has 0 saturated heterocycles. The highest BCUT2D eigenvalue weighted by Crippen LogP contribution is 2.27. The number of phenols is 1. The van der Waals surface area contributed by atoms with Gasteiger partial charge in [0, 0.05) is 17.7 Å². The Morgan fingerprint density at radius 1 is 1.26 bits per heavy atom. The Kier molecular flexibility index (Phi) is 3.33. The molecule has 1 heterocycles. The second-order valence-electron chi connectivity index (χ2n) is 4.17. The first-order chi connectivity index (χ1) is 8.95. The summed E-state index contributed by atoms with van der Waals surface area (Å²) >= 11 is 0. The van der Waals surface area contributed by atoms with Crippen molar-refractivity contribution in [3.8, 4) is 17.4 Å². The van der Waals surface area contributed by atoms with Gasteiger partial charge in [0.05, 0.1) is 4.92 Å². The molecule has 19 heavy (non-hydrogen) atoms. The highest BCUT2D eigenvalue weighted by molar-refractivity contribution is 5.42. The Balaban J connectivity index is 2.28. The number of nitro groups is 1. The Labute approximate surface area is 109 Å². The van der Waals surface area contributed by atoms with Crippen molar-refractivity contribution in [2.24, 2.45) is 0 Å². The predicted molar refractivity (Wildman–Crippen MR) is 68.5 cm³/mol. The van der Waals surface area contributed by atoms with E-state index in [1.807, 2.05) is 6.92 Å². The SMILES string of the molecule is Cc1cc(O)cc(Oc2cc(C)c([N+](=O)[O-])cn2)c1.